The van der Waals surface area contributed by atoms with Crippen LogP contribution in [-0.2, 0) is 16.6 Å². The van der Waals surface area contributed by atoms with Crippen molar-refractivity contribution in [2.75, 3.05) is 28.4 Å². The van der Waals surface area contributed by atoms with Crippen molar-refractivity contribution in [1.82, 2.24) is 14.4 Å². The van der Waals surface area contributed by atoms with Gasteiger partial charge in [0, 0.05) is 18.7 Å². The molecule has 0 bridgehead atoms. The van der Waals surface area contributed by atoms with Crippen LogP contribution in [-0.4, -0.2) is 51.2 Å². The molecular weight excluding hydrogens is 398 g/mol. The first-order valence-corrected chi connectivity index (χ1v) is 9.98. The van der Waals surface area contributed by atoms with Gasteiger partial charge in [0.2, 0.25) is 21.7 Å². The lowest BCUT2D eigenvalue weighted by Gasteiger charge is -2.16. The van der Waals surface area contributed by atoms with Gasteiger partial charge in [0.25, 0.3) is 0 Å². The molecule has 0 saturated heterocycles. The van der Waals surface area contributed by atoms with Gasteiger partial charge < -0.3 is 18.7 Å². The van der Waals surface area contributed by atoms with Crippen molar-refractivity contribution < 1.29 is 27.2 Å². The fraction of sp³-hybridized carbons (Fsp3) is 0.263. The zero-order valence-corrected chi connectivity index (χ0v) is 17.3. The third-order valence-corrected chi connectivity index (χ3v) is 6.02. The predicted molar refractivity (Wildman–Crippen MR) is 104 cm³/mol. The van der Waals surface area contributed by atoms with Gasteiger partial charge in [-0.05, 0) is 24.3 Å². The van der Waals surface area contributed by atoms with Crippen molar-refractivity contribution >= 4 is 10.0 Å². The Hall–Kier alpha value is -3.11. The maximum absolute atomic E-state index is 12.9. The third kappa shape index (κ3) is 4.33. The Kier molecular flexibility index (Phi) is 6.04. The minimum atomic E-state index is -3.81. The molecular formula is C19H21N3O6S. The van der Waals surface area contributed by atoms with Crippen LogP contribution in [0.1, 0.15) is 5.89 Å². The minimum Gasteiger partial charge on any atom is -0.497 e. The fourth-order valence-electron chi connectivity index (χ4n) is 2.63. The van der Waals surface area contributed by atoms with E-state index in [1.165, 1.54) is 39.5 Å². The van der Waals surface area contributed by atoms with Gasteiger partial charge in [-0.2, -0.15) is 9.29 Å². The number of methoxy groups -OCH3 is 3. The Balaban J connectivity index is 1.81. The molecule has 0 atom stereocenters. The van der Waals surface area contributed by atoms with Crippen LogP contribution in [0.5, 0.6) is 17.2 Å². The molecule has 3 aromatic rings. The quantitative estimate of drug-likeness (QED) is 0.549. The van der Waals surface area contributed by atoms with Crippen LogP contribution >= 0.6 is 0 Å². The van der Waals surface area contributed by atoms with E-state index in [1.807, 2.05) is 0 Å². The highest BCUT2D eigenvalue weighted by atomic mass is 32.2. The molecule has 0 spiro atoms. The summed E-state index contributed by atoms with van der Waals surface area (Å²) in [7, 11) is 2.11. The molecule has 0 aliphatic rings. The molecule has 1 heterocycles. The molecule has 3 rings (SSSR count). The summed E-state index contributed by atoms with van der Waals surface area (Å²) in [6.07, 6.45) is 0. The average molecular weight is 419 g/mol. The molecule has 0 radical (unpaired) electrons. The Bertz CT molecular complexity index is 1100. The fourth-order valence-corrected chi connectivity index (χ4v) is 3.77. The van der Waals surface area contributed by atoms with Gasteiger partial charge in [-0.15, -0.1) is 0 Å². The van der Waals surface area contributed by atoms with Gasteiger partial charge in [0.1, 0.15) is 5.75 Å². The van der Waals surface area contributed by atoms with Gasteiger partial charge in [0.15, 0.2) is 11.5 Å². The molecule has 0 saturated carbocycles. The first-order chi connectivity index (χ1) is 13.9. The SMILES string of the molecule is COc1cccc(-c2noc(CN(C)S(=O)(=O)c3ccc(OC)c(OC)c3)n2)c1. The lowest BCUT2D eigenvalue weighted by Crippen LogP contribution is -2.26. The van der Waals surface area contributed by atoms with Crippen LogP contribution in [0.2, 0.25) is 0 Å². The molecule has 0 aliphatic heterocycles. The maximum Gasteiger partial charge on any atom is 0.243 e. The Morgan fingerprint density at radius 1 is 1.00 bits per heavy atom. The number of hydrogen-bond acceptors (Lipinski definition) is 8. The van der Waals surface area contributed by atoms with Crippen molar-refractivity contribution in [2.24, 2.45) is 0 Å². The van der Waals surface area contributed by atoms with Crippen LogP contribution in [0.3, 0.4) is 0 Å². The smallest absolute Gasteiger partial charge is 0.243 e. The average Bonchev–Trinajstić information content (AvgIpc) is 3.21. The van der Waals surface area contributed by atoms with Crippen molar-refractivity contribution in [3.63, 3.8) is 0 Å². The highest BCUT2D eigenvalue weighted by Gasteiger charge is 2.24. The van der Waals surface area contributed by atoms with Crippen LogP contribution in [0, 0.1) is 0 Å². The zero-order valence-electron chi connectivity index (χ0n) is 16.4. The summed E-state index contributed by atoms with van der Waals surface area (Å²) in [6.45, 7) is -0.0896. The number of rotatable bonds is 8. The van der Waals surface area contributed by atoms with Crippen molar-refractivity contribution in [2.45, 2.75) is 11.4 Å². The highest BCUT2D eigenvalue weighted by Crippen LogP contribution is 2.30. The summed E-state index contributed by atoms with van der Waals surface area (Å²) >= 11 is 0. The molecule has 29 heavy (non-hydrogen) atoms. The highest BCUT2D eigenvalue weighted by molar-refractivity contribution is 7.89. The van der Waals surface area contributed by atoms with E-state index in [-0.39, 0.29) is 17.3 Å². The van der Waals surface area contributed by atoms with Crippen LogP contribution in [0.15, 0.2) is 51.9 Å². The Morgan fingerprint density at radius 3 is 2.45 bits per heavy atom. The molecule has 154 valence electrons. The zero-order chi connectivity index (χ0) is 21.0. The van der Waals surface area contributed by atoms with Crippen LogP contribution in [0.4, 0.5) is 0 Å². The van der Waals surface area contributed by atoms with Crippen molar-refractivity contribution in [1.29, 1.82) is 0 Å². The first-order valence-electron chi connectivity index (χ1n) is 8.54. The van der Waals surface area contributed by atoms with Crippen LogP contribution < -0.4 is 14.2 Å². The van der Waals surface area contributed by atoms with E-state index in [0.717, 1.165) is 4.31 Å². The van der Waals surface area contributed by atoms with E-state index in [2.05, 4.69) is 10.1 Å². The number of aromatic nitrogens is 2. The topological polar surface area (TPSA) is 104 Å². The second kappa shape index (κ2) is 8.50. The number of ether oxygens (including phenoxy) is 3. The summed E-state index contributed by atoms with van der Waals surface area (Å²) in [4.78, 5) is 4.34. The summed E-state index contributed by atoms with van der Waals surface area (Å²) in [5.74, 6) is 1.92. The van der Waals surface area contributed by atoms with Gasteiger partial charge in [0.05, 0.1) is 32.8 Å². The second-order valence-electron chi connectivity index (χ2n) is 6.02. The lowest BCUT2D eigenvalue weighted by atomic mass is 10.2. The molecule has 0 fully saturated rings. The molecule has 0 N–H and O–H groups in total. The standard InChI is InChI=1S/C19H21N3O6S/c1-22(29(23,24)15-8-9-16(26-3)17(11-15)27-4)12-18-20-19(21-28-18)13-6-5-7-14(10-13)25-2/h5-11H,12H2,1-4H3. The summed E-state index contributed by atoms with van der Waals surface area (Å²) in [5.41, 5.74) is 0.699. The molecule has 0 unspecified atom stereocenters. The van der Waals surface area contributed by atoms with Gasteiger partial charge >= 0.3 is 0 Å². The third-order valence-electron chi connectivity index (χ3n) is 4.22. The van der Waals surface area contributed by atoms with Crippen molar-refractivity contribution in [3.05, 3.63) is 48.4 Å². The summed E-state index contributed by atoms with van der Waals surface area (Å²) in [6, 6.07) is 11.6. The Morgan fingerprint density at radius 2 is 1.76 bits per heavy atom. The van der Waals surface area contributed by atoms with E-state index < -0.39 is 10.0 Å². The monoisotopic (exact) mass is 419 g/mol. The number of hydrogen-bond donors (Lipinski definition) is 0. The molecule has 9 nitrogen and oxygen atoms in total. The van der Waals surface area contributed by atoms with E-state index in [0.29, 0.717) is 28.6 Å². The largest absolute Gasteiger partial charge is 0.497 e. The summed E-state index contributed by atoms with van der Waals surface area (Å²) in [5, 5.41) is 3.92. The predicted octanol–water partition coefficient (Wildman–Crippen LogP) is 2.58. The number of sulfonamides is 1. The minimum absolute atomic E-state index is 0.0604. The normalized spacial score (nSPS) is 11.5. The molecule has 1 aromatic heterocycles. The van der Waals surface area contributed by atoms with E-state index in [1.54, 1.807) is 31.4 Å². The van der Waals surface area contributed by atoms with Crippen LogP contribution in [0.25, 0.3) is 11.4 Å². The van der Waals surface area contributed by atoms with Gasteiger partial charge in [-0.1, -0.05) is 17.3 Å². The van der Waals surface area contributed by atoms with Gasteiger partial charge in [-0.25, -0.2) is 8.42 Å². The number of nitrogens with zero attached hydrogens (tertiary/aromatic N) is 3. The molecule has 0 amide bonds. The maximum atomic E-state index is 12.9. The summed E-state index contributed by atoms with van der Waals surface area (Å²) < 4.78 is 47.6. The molecule has 0 aliphatic carbocycles. The first kappa shape index (κ1) is 20.6. The van der Waals surface area contributed by atoms with E-state index in [9.17, 15) is 8.42 Å². The number of benzene rings is 2. The van der Waals surface area contributed by atoms with Crippen molar-refractivity contribution in [3.8, 4) is 28.6 Å². The lowest BCUT2D eigenvalue weighted by molar-refractivity contribution is 0.336. The Labute approximate surface area is 168 Å². The van der Waals surface area contributed by atoms with E-state index in [4.69, 9.17) is 18.7 Å². The van der Waals surface area contributed by atoms with E-state index >= 15 is 0 Å². The van der Waals surface area contributed by atoms with Gasteiger partial charge in [-0.3, -0.25) is 0 Å². The molecule has 2 aromatic carbocycles. The molecule has 10 heteroatoms. The second-order valence-corrected chi connectivity index (χ2v) is 8.07.